The maximum absolute atomic E-state index is 12.5. The molecule has 2 aromatic rings. The number of rotatable bonds is 3. The average Bonchev–Trinajstić information content (AvgIpc) is 2.93. The highest BCUT2D eigenvalue weighted by Crippen LogP contribution is 2.34. The van der Waals surface area contributed by atoms with Gasteiger partial charge in [0.25, 0.3) is 0 Å². The Morgan fingerprint density at radius 1 is 1.18 bits per heavy atom. The van der Waals surface area contributed by atoms with Crippen LogP contribution in [-0.4, -0.2) is 17.0 Å². The largest absolute Gasteiger partial charge is 0.478 e. The Labute approximate surface area is 128 Å². The lowest BCUT2D eigenvalue weighted by atomic mass is 10.00. The van der Waals surface area contributed by atoms with Gasteiger partial charge in [-0.05, 0) is 54.7 Å². The Balaban J connectivity index is 1.80. The van der Waals surface area contributed by atoms with Crippen LogP contribution in [0.4, 0.5) is 5.69 Å². The third-order valence-electron chi connectivity index (χ3n) is 4.18. The van der Waals surface area contributed by atoms with Gasteiger partial charge < -0.3 is 10.4 Å². The first-order chi connectivity index (χ1) is 10.6. The molecule has 2 N–H and O–H groups in total. The Hall–Kier alpha value is -2.62. The molecule has 0 unspecified atom stereocenters. The maximum Gasteiger partial charge on any atom is 0.335 e. The summed E-state index contributed by atoms with van der Waals surface area (Å²) in [6.07, 6.45) is 1.74. The molecule has 0 heterocycles. The number of carbonyl (C=O) groups excluding carboxylic acids is 1. The monoisotopic (exact) mass is 295 g/mol. The lowest BCUT2D eigenvalue weighted by Gasteiger charge is -2.14. The number of hydrogen-bond acceptors (Lipinski definition) is 2. The number of nitrogens with one attached hydrogen (secondary N) is 1. The van der Waals surface area contributed by atoms with Crippen LogP contribution < -0.4 is 5.32 Å². The topological polar surface area (TPSA) is 66.4 Å². The summed E-state index contributed by atoms with van der Waals surface area (Å²) in [4.78, 5) is 23.5. The van der Waals surface area contributed by atoms with Gasteiger partial charge in [0.2, 0.25) is 5.91 Å². The van der Waals surface area contributed by atoms with Gasteiger partial charge in [0.1, 0.15) is 0 Å². The molecule has 0 fully saturated rings. The second kappa shape index (κ2) is 5.64. The second-order valence-electron chi connectivity index (χ2n) is 5.61. The fourth-order valence-electron chi connectivity index (χ4n) is 2.99. The van der Waals surface area contributed by atoms with Gasteiger partial charge in [-0.15, -0.1) is 0 Å². The third-order valence-corrected chi connectivity index (χ3v) is 4.18. The van der Waals surface area contributed by atoms with E-state index in [9.17, 15) is 9.59 Å². The quantitative estimate of drug-likeness (QED) is 0.912. The normalized spacial score (nSPS) is 16.1. The Bertz CT molecular complexity index is 752. The van der Waals surface area contributed by atoms with Crippen molar-refractivity contribution in [2.45, 2.75) is 25.7 Å². The molecular formula is C18H17NO3. The molecule has 1 atom stereocenters. The van der Waals surface area contributed by atoms with Crippen molar-refractivity contribution in [1.29, 1.82) is 0 Å². The molecule has 0 aromatic heterocycles. The van der Waals surface area contributed by atoms with Crippen LogP contribution in [0.5, 0.6) is 0 Å². The van der Waals surface area contributed by atoms with Crippen molar-refractivity contribution in [2.75, 3.05) is 5.32 Å². The zero-order valence-electron chi connectivity index (χ0n) is 12.3. The standard InChI is InChI=1S/C18H17NO3/c1-11-10-13(18(21)22)7-9-16(11)19-17(20)15-8-6-12-4-2-3-5-14(12)15/h2-5,7,9-10,15H,6,8H2,1H3,(H,19,20)(H,21,22)/t15-/m0/s1. The van der Waals surface area contributed by atoms with Gasteiger partial charge in [0.05, 0.1) is 11.5 Å². The minimum absolute atomic E-state index is 0.0314. The molecule has 0 radical (unpaired) electrons. The van der Waals surface area contributed by atoms with Crippen molar-refractivity contribution in [3.8, 4) is 0 Å². The van der Waals surface area contributed by atoms with E-state index in [1.807, 2.05) is 18.2 Å². The minimum atomic E-state index is -0.967. The zero-order chi connectivity index (χ0) is 15.7. The molecule has 4 heteroatoms. The van der Waals surface area contributed by atoms with Crippen molar-refractivity contribution in [2.24, 2.45) is 0 Å². The first kappa shape index (κ1) is 14.3. The van der Waals surface area contributed by atoms with Crippen LogP contribution >= 0.6 is 0 Å². The first-order valence-electron chi connectivity index (χ1n) is 7.29. The van der Waals surface area contributed by atoms with Gasteiger partial charge in [-0.1, -0.05) is 24.3 Å². The molecule has 22 heavy (non-hydrogen) atoms. The number of carbonyl (C=O) groups is 2. The molecule has 1 aliphatic carbocycles. The predicted octanol–water partition coefficient (Wildman–Crippen LogP) is 3.36. The lowest BCUT2D eigenvalue weighted by molar-refractivity contribution is -0.117. The van der Waals surface area contributed by atoms with E-state index in [0.717, 1.165) is 24.0 Å². The van der Waals surface area contributed by atoms with Crippen molar-refractivity contribution < 1.29 is 14.7 Å². The number of fused-ring (bicyclic) bond motifs is 1. The summed E-state index contributed by atoms with van der Waals surface area (Å²) >= 11 is 0. The van der Waals surface area contributed by atoms with Gasteiger partial charge in [-0.3, -0.25) is 4.79 Å². The van der Waals surface area contributed by atoms with E-state index in [2.05, 4.69) is 11.4 Å². The molecule has 2 aromatic carbocycles. The van der Waals surface area contributed by atoms with Gasteiger partial charge in [-0.2, -0.15) is 0 Å². The van der Waals surface area contributed by atoms with Crippen LogP contribution in [0.25, 0.3) is 0 Å². The highest BCUT2D eigenvalue weighted by molar-refractivity contribution is 5.98. The lowest BCUT2D eigenvalue weighted by Crippen LogP contribution is -2.20. The molecule has 1 amide bonds. The summed E-state index contributed by atoms with van der Waals surface area (Å²) in [6, 6.07) is 12.7. The van der Waals surface area contributed by atoms with Crippen LogP contribution in [0.1, 0.15) is 39.4 Å². The van der Waals surface area contributed by atoms with E-state index >= 15 is 0 Å². The summed E-state index contributed by atoms with van der Waals surface area (Å²) < 4.78 is 0. The van der Waals surface area contributed by atoms with E-state index in [4.69, 9.17) is 5.11 Å². The Morgan fingerprint density at radius 2 is 1.95 bits per heavy atom. The number of hydrogen-bond donors (Lipinski definition) is 2. The molecule has 0 aliphatic heterocycles. The number of carboxylic acids is 1. The van der Waals surface area contributed by atoms with Crippen LogP contribution in [0, 0.1) is 6.92 Å². The van der Waals surface area contributed by atoms with Crippen LogP contribution in [0.15, 0.2) is 42.5 Å². The second-order valence-corrected chi connectivity index (χ2v) is 5.61. The molecular weight excluding hydrogens is 278 g/mol. The SMILES string of the molecule is Cc1cc(C(=O)O)ccc1NC(=O)[C@H]1CCc2ccccc21. The van der Waals surface area contributed by atoms with Crippen LogP contribution in [0.2, 0.25) is 0 Å². The van der Waals surface area contributed by atoms with E-state index in [0.29, 0.717) is 5.69 Å². The van der Waals surface area contributed by atoms with Crippen molar-refractivity contribution in [3.05, 3.63) is 64.7 Å². The molecule has 0 saturated heterocycles. The minimum Gasteiger partial charge on any atom is -0.478 e. The number of amides is 1. The highest BCUT2D eigenvalue weighted by Gasteiger charge is 2.28. The van der Waals surface area contributed by atoms with Gasteiger partial charge in [0.15, 0.2) is 0 Å². The molecule has 0 bridgehead atoms. The summed E-state index contributed by atoms with van der Waals surface area (Å²) in [6.45, 7) is 1.80. The number of anilines is 1. The van der Waals surface area contributed by atoms with Crippen LogP contribution in [-0.2, 0) is 11.2 Å². The van der Waals surface area contributed by atoms with Crippen molar-refractivity contribution in [1.82, 2.24) is 0 Å². The van der Waals surface area contributed by atoms with E-state index in [-0.39, 0.29) is 17.4 Å². The van der Waals surface area contributed by atoms with E-state index in [1.165, 1.54) is 11.6 Å². The molecule has 1 aliphatic rings. The summed E-state index contributed by atoms with van der Waals surface area (Å²) in [5, 5.41) is 11.9. The molecule has 0 spiro atoms. The summed E-state index contributed by atoms with van der Waals surface area (Å²) in [7, 11) is 0. The van der Waals surface area contributed by atoms with Gasteiger partial charge >= 0.3 is 5.97 Å². The highest BCUT2D eigenvalue weighted by atomic mass is 16.4. The molecule has 0 saturated carbocycles. The molecule has 4 nitrogen and oxygen atoms in total. The Kier molecular flexibility index (Phi) is 3.67. The van der Waals surface area contributed by atoms with Crippen molar-refractivity contribution >= 4 is 17.6 Å². The maximum atomic E-state index is 12.5. The smallest absolute Gasteiger partial charge is 0.335 e. The molecule has 112 valence electrons. The van der Waals surface area contributed by atoms with E-state index < -0.39 is 5.97 Å². The fraction of sp³-hybridized carbons (Fsp3) is 0.222. The van der Waals surface area contributed by atoms with Gasteiger partial charge in [0, 0.05) is 5.69 Å². The van der Waals surface area contributed by atoms with Crippen LogP contribution in [0.3, 0.4) is 0 Å². The third kappa shape index (κ3) is 2.60. The van der Waals surface area contributed by atoms with Gasteiger partial charge in [-0.25, -0.2) is 4.79 Å². The predicted molar refractivity (Wildman–Crippen MR) is 84.3 cm³/mol. The first-order valence-corrected chi connectivity index (χ1v) is 7.29. The molecule has 3 rings (SSSR count). The number of benzene rings is 2. The summed E-state index contributed by atoms with van der Waals surface area (Å²) in [5.41, 5.74) is 3.97. The summed E-state index contributed by atoms with van der Waals surface area (Å²) in [5.74, 6) is -1.13. The number of aryl methyl sites for hydroxylation is 2. The number of aromatic carboxylic acids is 1. The fourth-order valence-corrected chi connectivity index (χ4v) is 2.99. The van der Waals surface area contributed by atoms with Crippen molar-refractivity contribution in [3.63, 3.8) is 0 Å². The average molecular weight is 295 g/mol. The zero-order valence-corrected chi connectivity index (χ0v) is 12.3. The Morgan fingerprint density at radius 3 is 2.68 bits per heavy atom. The van der Waals surface area contributed by atoms with E-state index in [1.54, 1.807) is 19.1 Å². The number of carboxylic acid groups (broad SMARTS) is 1.